The van der Waals surface area contributed by atoms with Crippen LogP contribution in [0.3, 0.4) is 0 Å². The topological polar surface area (TPSA) is 18.1 Å². The fourth-order valence-corrected chi connectivity index (χ4v) is 4.85. The normalized spacial score (nSPS) is 11.2. The van der Waals surface area contributed by atoms with Crippen molar-refractivity contribution in [3.8, 4) is 27.9 Å². The minimum Gasteiger partial charge on any atom is -0.455 e. The number of aromatic nitrogens is 1. The molecule has 5 aromatic carbocycles. The van der Waals surface area contributed by atoms with Gasteiger partial charge in [0.05, 0.1) is 0 Å². The second kappa shape index (κ2) is 8.96. The van der Waals surface area contributed by atoms with Crippen LogP contribution in [0.15, 0.2) is 120 Å². The number of benzene rings is 5. The van der Waals surface area contributed by atoms with Gasteiger partial charge < -0.3 is 8.98 Å². The van der Waals surface area contributed by atoms with Gasteiger partial charge >= 0.3 is 0 Å². The zero-order chi connectivity index (χ0) is 22.5. The van der Waals surface area contributed by atoms with Crippen LogP contribution in [-0.4, -0.2) is 4.57 Å². The number of nitrogens with zero attached hydrogens (tertiary/aromatic N) is 1. The first-order valence-corrected chi connectivity index (χ1v) is 11.4. The van der Waals surface area contributed by atoms with Gasteiger partial charge in [0.2, 0.25) is 0 Å². The Kier molecular flexibility index (Phi) is 5.64. The van der Waals surface area contributed by atoms with Crippen LogP contribution in [0.4, 0.5) is 0 Å². The molecular weight excluding hydrogens is 503 g/mol. The van der Waals surface area contributed by atoms with Crippen LogP contribution in [-0.2, 0) is 32.7 Å². The Balaban J connectivity index is 0.00000229. The summed E-state index contributed by atoms with van der Waals surface area (Å²) in [6.07, 6.45) is 3.62. The number of fused-ring (bicyclic) bond motifs is 4. The van der Waals surface area contributed by atoms with Crippen LogP contribution in [0, 0.1) is 12.3 Å². The fraction of sp³-hybridized carbons (Fsp3) is 0. The van der Waals surface area contributed by atoms with Gasteiger partial charge in [0.25, 0.3) is 0 Å². The predicted molar refractivity (Wildman–Crippen MR) is 139 cm³/mol. The molecule has 0 N–H and O–H groups in total. The average molecular weight is 522 g/mol. The van der Waals surface area contributed by atoms with Crippen LogP contribution in [0.5, 0.6) is 0 Å². The van der Waals surface area contributed by atoms with E-state index in [-0.39, 0.29) is 32.7 Å². The van der Waals surface area contributed by atoms with Crippen molar-refractivity contribution in [1.29, 1.82) is 0 Å². The van der Waals surface area contributed by atoms with Gasteiger partial charge in [-0.2, -0.15) is 18.2 Å². The summed E-state index contributed by atoms with van der Waals surface area (Å²) in [5, 5.41) is 3.44. The number of rotatable bonds is 3. The van der Waals surface area contributed by atoms with Crippen molar-refractivity contribution in [1.82, 2.24) is 4.57 Å². The standard InChI is InChI=1S/C32H19NO.Y/c1-2-10-22(11-3-1)29-21-33(30-18-6-4-14-26(29)30)24-13-8-12-23(20-24)25-16-9-17-28-27-15-5-7-19-31(27)34-32(25)28;/h1-12,14-20H;/q-2;. The Labute approximate surface area is 228 Å². The van der Waals surface area contributed by atoms with Crippen LogP contribution >= 0.6 is 0 Å². The van der Waals surface area contributed by atoms with E-state index in [1.165, 1.54) is 5.39 Å². The molecule has 0 saturated heterocycles. The molecule has 163 valence electrons. The minimum absolute atomic E-state index is 0. The van der Waals surface area contributed by atoms with Crippen molar-refractivity contribution in [2.45, 2.75) is 0 Å². The van der Waals surface area contributed by atoms with Gasteiger partial charge in [-0.15, -0.1) is 11.3 Å². The third-order valence-corrected chi connectivity index (χ3v) is 6.44. The molecule has 0 atom stereocenters. The molecule has 0 spiro atoms. The van der Waals surface area contributed by atoms with Gasteiger partial charge in [-0.1, -0.05) is 108 Å². The summed E-state index contributed by atoms with van der Waals surface area (Å²) in [5.74, 6) is 0. The molecule has 1 radical (unpaired) electrons. The maximum absolute atomic E-state index is 6.29. The molecular formula is C32H19NOY-2. The maximum Gasteiger partial charge on any atom is 0.141 e. The van der Waals surface area contributed by atoms with Gasteiger partial charge in [0.15, 0.2) is 0 Å². The van der Waals surface area contributed by atoms with Gasteiger partial charge in [-0.25, -0.2) is 6.07 Å². The van der Waals surface area contributed by atoms with E-state index in [1.54, 1.807) is 0 Å². The van der Waals surface area contributed by atoms with Crippen molar-refractivity contribution in [3.63, 3.8) is 0 Å². The maximum atomic E-state index is 6.29. The monoisotopic (exact) mass is 522 g/mol. The zero-order valence-electron chi connectivity index (χ0n) is 18.9. The second-order valence-electron chi connectivity index (χ2n) is 8.45. The quantitative estimate of drug-likeness (QED) is 0.213. The molecule has 2 nitrogen and oxygen atoms in total. The van der Waals surface area contributed by atoms with E-state index in [4.69, 9.17) is 4.42 Å². The summed E-state index contributed by atoms with van der Waals surface area (Å²) in [7, 11) is 0. The Morgan fingerprint density at radius 2 is 1.37 bits per heavy atom. The molecule has 2 aromatic heterocycles. The number of furan rings is 1. The van der Waals surface area contributed by atoms with E-state index in [9.17, 15) is 0 Å². The van der Waals surface area contributed by atoms with Crippen molar-refractivity contribution >= 4 is 32.8 Å². The second-order valence-corrected chi connectivity index (χ2v) is 8.45. The van der Waals surface area contributed by atoms with Crippen LogP contribution in [0.1, 0.15) is 0 Å². The third-order valence-electron chi connectivity index (χ3n) is 6.44. The molecule has 0 saturated carbocycles. The number of hydrogen-bond donors (Lipinski definition) is 0. The summed E-state index contributed by atoms with van der Waals surface area (Å²) < 4.78 is 8.40. The summed E-state index contributed by atoms with van der Waals surface area (Å²) in [6, 6.07) is 43.1. The van der Waals surface area contributed by atoms with Crippen molar-refractivity contribution in [2.75, 3.05) is 0 Å². The van der Waals surface area contributed by atoms with Crippen molar-refractivity contribution < 1.29 is 37.1 Å². The molecule has 0 unspecified atom stereocenters. The first-order valence-electron chi connectivity index (χ1n) is 11.4. The summed E-state index contributed by atoms with van der Waals surface area (Å²) in [5.41, 5.74) is 8.28. The largest absolute Gasteiger partial charge is 0.455 e. The summed E-state index contributed by atoms with van der Waals surface area (Å²) in [6.45, 7) is 0. The van der Waals surface area contributed by atoms with E-state index >= 15 is 0 Å². The molecule has 7 aromatic rings. The number of para-hydroxylation sites is 3. The Morgan fingerprint density at radius 1 is 0.629 bits per heavy atom. The first-order chi connectivity index (χ1) is 16.9. The Hall–Kier alpha value is -3.46. The van der Waals surface area contributed by atoms with E-state index in [1.807, 2.05) is 24.3 Å². The molecule has 0 aliphatic heterocycles. The summed E-state index contributed by atoms with van der Waals surface area (Å²) >= 11 is 0. The van der Waals surface area contributed by atoms with Crippen molar-refractivity contribution in [3.05, 3.63) is 128 Å². The average Bonchev–Trinajstić information content (AvgIpc) is 3.48. The SMILES string of the molecule is [Y].[c-]1ccc(-c2cccc3c2oc2ccccc23)cc1-n1[c-]c(-c2ccccc2)c2ccccc21. The molecule has 35 heavy (non-hydrogen) atoms. The molecule has 2 heterocycles. The number of hydrogen-bond acceptors (Lipinski definition) is 1. The van der Waals surface area contributed by atoms with Gasteiger partial charge in [0, 0.05) is 49.0 Å². The molecule has 0 aliphatic carbocycles. The van der Waals surface area contributed by atoms with Gasteiger partial charge in [-0.3, -0.25) is 0 Å². The van der Waals surface area contributed by atoms with Crippen LogP contribution in [0.25, 0.3) is 60.8 Å². The van der Waals surface area contributed by atoms with E-state index in [2.05, 4.69) is 108 Å². The fourth-order valence-electron chi connectivity index (χ4n) is 4.85. The molecule has 7 rings (SSSR count). The molecule has 3 heteroatoms. The third kappa shape index (κ3) is 3.65. The summed E-state index contributed by atoms with van der Waals surface area (Å²) in [4.78, 5) is 0. The van der Waals surface area contributed by atoms with E-state index < -0.39 is 0 Å². The Morgan fingerprint density at radius 3 is 2.26 bits per heavy atom. The smallest absolute Gasteiger partial charge is 0.141 e. The van der Waals surface area contributed by atoms with Crippen LogP contribution < -0.4 is 0 Å². The van der Waals surface area contributed by atoms with E-state index in [0.717, 1.165) is 55.4 Å². The predicted octanol–water partition coefficient (Wildman–Crippen LogP) is 8.46. The zero-order valence-corrected chi connectivity index (χ0v) is 21.7. The van der Waals surface area contributed by atoms with Crippen LogP contribution in [0.2, 0.25) is 0 Å². The molecule has 0 aliphatic rings. The molecule has 0 fully saturated rings. The van der Waals surface area contributed by atoms with Gasteiger partial charge in [-0.05, 0) is 17.8 Å². The van der Waals surface area contributed by atoms with E-state index in [0.29, 0.717) is 0 Å². The first kappa shape index (κ1) is 22.0. The molecule has 0 bridgehead atoms. The minimum atomic E-state index is 0. The van der Waals surface area contributed by atoms with Crippen molar-refractivity contribution in [2.24, 2.45) is 0 Å². The Bertz CT molecular complexity index is 1810. The molecule has 0 amide bonds. The van der Waals surface area contributed by atoms with Gasteiger partial charge in [0.1, 0.15) is 11.2 Å².